The summed E-state index contributed by atoms with van der Waals surface area (Å²) in [4.78, 5) is 8.45. The molecule has 0 N–H and O–H groups in total. The summed E-state index contributed by atoms with van der Waals surface area (Å²) in [6.45, 7) is 0. The number of nitrogens with zero attached hydrogens (tertiary/aromatic N) is 4. The Morgan fingerprint density at radius 2 is 2.46 bits per heavy atom. The lowest BCUT2D eigenvalue weighted by atomic mass is 10.4. The highest BCUT2D eigenvalue weighted by molar-refractivity contribution is 5.70. The van der Waals surface area contributed by atoms with Crippen LogP contribution >= 0.6 is 0 Å². The van der Waals surface area contributed by atoms with Gasteiger partial charge in [-0.3, -0.25) is 0 Å². The summed E-state index contributed by atoms with van der Waals surface area (Å²) in [7, 11) is 1.87. The Morgan fingerprint density at radius 3 is 3.15 bits per heavy atom. The minimum Gasteiger partial charge on any atom is -0.315 e. The van der Waals surface area contributed by atoms with Crippen LogP contribution in [0.5, 0.6) is 0 Å². The molecule has 0 spiro atoms. The Balaban J connectivity index is 2.68. The average Bonchev–Trinajstić information content (AvgIpc) is 2.46. The fourth-order valence-electron chi connectivity index (χ4n) is 1.30. The fourth-order valence-corrected chi connectivity index (χ4v) is 1.30. The molecule has 0 unspecified atom stereocenters. The summed E-state index contributed by atoms with van der Waals surface area (Å²) >= 11 is 0. The molecule has 0 aliphatic heterocycles. The zero-order valence-electron chi connectivity index (χ0n) is 7.23. The van der Waals surface area contributed by atoms with Crippen LogP contribution in [-0.4, -0.2) is 14.5 Å². The fraction of sp³-hybridized carbons (Fsp3) is 0.222. The molecule has 0 fully saturated rings. The molecule has 0 aromatic carbocycles. The van der Waals surface area contributed by atoms with Crippen LogP contribution in [0.3, 0.4) is 0 Å². The molecule has 0 atom stereocenters. The third-order valence-corrected chi connectivity index (χ3v) is 1.96. The number of nitriles is 1. The molecular weight excluding hydrogens is 164 g/mol. The Labute approximate surface area is 75.5 Å². The lowest BCUT2D eigenvalue weighted by Gasteiger charge is -1.94. The van der Waals surface area contributed by atoms with Crippen LogP contribution in [0, 0.1) is 11.3 Å². The van der Waals surface area contributed by atoms with Crippen molar-refractivity contribution in [2.75, 3.05) is 0 Å². The molecule has 0 amide bonds. The van der Waals surface area contributed by atoms with Crippen LogP contribution < -0.4 is 0 Å². The number of aromatic nitrogens is 3. The molecule has 4 nitrogen and oxygen atoms in total. The van der Waals surface area contributed by atoms with Gasteiger partial charge in [0.2, 0.25) is 0 Å². The van der Waals surface area contributed by atoms with E-state index in [4.69, 9.17) is 5.26 Å². The standard InChI is InChI=1S/C9H8N4/c1-13-8(4-5-10)12-7-3-2-6-11-9(7)13/h2-3,6H,4H2,1H3. The second-order valence-electron chi connectivity index (χ2n) is 2.77. The molecule has 0 saturated heterocycles. The maximum Gasteiger partial charge on any atom is 0.159 e. The van der Waals surface area contributed by atoms with Gasteiger partial charge in [-0.05, 0) is 12.1 Å². The molecule has 2 aromatic rings. The second-order valence-corrected chi connectivity index (χ2v) is 2.77. The number of pyridine rings is 1. The zero-order chi connectivity index (χ0) is 9.26. The number of hydrogen-bond donors (Lipinski definition) is 0. The van der Waals surface area contributed by atoms with Gasteiger partial charge in [-0.1, -0.05) is 0 Å². The summed E-state index contributed by atoms with van der Waals surface area (Å²) in [5.41, 5.74) is 1.67. The van der Waals surface area contributed by atoms with Gasteiger partial charge in [0.15, 0.2) is 5.65 Å². The highest BCUT2D eigenvalue weighted by Gasteiger charge is 2.06. The van der Waals surface area contributed by atoms with E-state index in [1.54, 1.807) is 6.20 Å². The third-order valence-electron chi connectivity index (χ3n) is 1.96. The molecule has 2 heterocycles. The Hall–Kier alpha value is -1.89. The molecular formula is C9H8N4. The first kappa shape index (κ1) is 7.74. The number of rotatable bonds is 1. The Bertz CT molecular complexity index is 478. The second kappa shape index (κ2) is 2.87. The van der Waals surface area contributed by atoms with E-state index in [9.17, 15) is 0 Å². The lowest BCUT2D eigenvalue weighted by molar-refractivity contribution is 0.848. The third kappa shape index (κ3) is 1.14. The van der Waals surface area contributed by atoms with Gasteiger partial charge in [0.25, 0.3) is 0 Å². The van der Waals surface area contributed by atoms with Crippen molar-refractivity contribution in [1.82, 2.24) is 14.5 Å². The smallest absolute Gasteiger partial charge is 0.159 e. The molecule has 4 heteroatoms. The summed E-state index contributed by atoms with van der Waals surface area (Å²) in [5, 5.41) is 8.55. The molecule has 13 heavy (non-hydrogen) atoms. The van der Waals surface area contributed by atoms with Gasteiger partial charge < -0.3 is 4.57 Å². The minimum absolute atomic E-state index is 0.326. The van der Waals surface area contributed by atoms with E-state index >= 15 is 0 Å². The van der Waals surface area contributed by atoms with Crippen LogP contribution in [-0.2, 0) is 13.5 Å². The Kier molecular flexibility index (Phi) is 1.71. The average molecular weight is 172 g/mol. The van der Waals surface area contributed by atoms with E-state index in [2.05, 4.69) is 16.0 Å². The number of imidazole rings is 1. The molecule has 2 rings (SSSR count). The summed E-state index contributed by atoms with van der Waals surface area (Å²) < 4.78 is 1.85. The quantitative estimate of drug-likeness (QED) is 0.645. The van der Waals surface area contributed by atoms with Gasteiger partial charge in [-0.2, -0.15) is 5.26 Å². The molecule has 0 aliphatic rings. The van der Waals surface area contributed by atoms with Crippen LogP contribution in [0.2, 0.25) is 0 Å². The summed E-state index contributed by atoms with van der Waals surface area (Å²) in [6, 6.07) is 5.81. The van der Waals surface area contributed by atoms with Crippen LogP contribution in [0.4, 0.5) is 0 Å². The zero-order valence-corrected chi connectivity index (χ0v) is 7.23. The van der Waals surface area contributed by atoms with Gasteiger partial charge >= 0.3 is 0 Å². The van der Waals surface area contributed by atoms with Gasteiger partial charge in [0.1, 0.15) is 11.3 Å². The molecule has 2 aromatic heterocycles. The van der Waals surface area contributed by atoms with Gasteiger partial charge in [-0.15, -0.1) is 0 Å². The van der Waals surface area contributed by atoms with Crippen molar-refractivity contribution in [2.45, 2.75) is 6.42 Å². The minimum atomic E-state index is 0.326. The largest absolute Gasteiger partial charge is 0.315 e. The van der Waals surface area contributed by atoms with Crippen molar-refractivity contribution < 1.29 is 0 Å². The summed E-state index contributed by atoms with van der Waals surface area (Å²) in [5.74, 6) is 0.760. The number of hydrogen-bond acceptors (Lipinski definition) is 3. The monoisotopic (exact) mass is 172 g/mol. The van der Waals surface area contributed by atoms with E-state index < -0.39 is 0 Å². The van der Waals surface area contributed by atoms with E-state index in [0.717, 1.165) is 17.0 Å². The van der Waals surface area contributed by atoms with E-state index in [0.29, 0.717) is 6.42 Å². The lowest BCUT2D eigenvalue weighted by Crippen LogP contribution is -1.96. The van der Waals surface area contributed by atoms with E-state index in [1.165, 1.54) is 0 Å². The van der Waals surface area contributed by atoms with Crippen molar-refractivity contribution in [3.8, 4) is 6.07 Å². The van der Waals surface area contributed by atoms with Crippen molar-refractivity contribution >= 4 is 11.2 Å². The maximum atomic E-state index is 8.55. The van der Waals surface area contributed by atoms with Crippen LogP contribution in [0.25, 0.3) is 11.2 Å². The number of fused-ring (bicyclic) bond motifs is 1. The molecule has 0 radical (unpaired) electrons. The highest BCUT2D eigenvalue weighted by atomic mass is 15.1. The first-order chi connectivity index (χ1) is 6.33. The molecule has 64 valence electrons. The Morgan fingerprint density at radius 1 is 1.62 bits per heavy atom. The molecule has 0 aliphatic carbocycles. The normalized spacial score (nSPS) is 10.2. The predicted octanol–water partition coefficient (Wildman–Crippen LogP) is 1.03. The first-order valence-corrected chi connectivity index (χ1v) is 3.96. The first-order valence-electron chi connectivity index (χ1n) is 3.96. The highest BCUT2D eigenvalue weighted by Crippen LogP contribution is 2.11. The maximum absolute atomic E-state index is 8.55. The van der Waals surface area contributed by atoms with Crippen molar-refractivity contribution in [3.63, 3.8) is 0 Å². The van der Waals surface area contributed by atoms with Crippen LogP contribution in [0.15, 0.2) is 18.3 Å². The molecule has 0 saturated carbocycles. The van der Waals surface area contributed by atoms with Crippen molar-refractivity contribution in [2.24, 2.45) is 7.05 Å². The SMILES string of the molecule is Cn1c(CC#N)nc2cccnc21. The van der Waals surface area contributed by atoms with E-state index in [-0.39, 0.29) is 0 Å². The van der Waals surface area contributed by atoms with Crippen molar-refractivity contribution in [1.29, 1.82) is 5.26 Å². The van der Waals surface area contributed by atoms with Gasteiger partial charge in [-0.25, -0.2) is 9.97 Å². The molecule has 0 bridgehead atoms. The topological polar surface area (TPSA) is 54.5 Å². The van der Waals surface area contributed by atoms with Crippen LogP contribution in [0.1, 0.15) is 5.82 Å². The summed E-state index contributed by atoms with van der Waals surface area (Å²) in [6.07, 6.45) is 2.05. The van der Waals surface area contributed by atoms with E-state index in [1.807, 2.05) is 23.7 Å². The van der Waals surface area contributed by atoms with Gasteiger partial charge in [0, 0.05) is 13.2 Å². The predicted molar refractivity (Wildman–Crippen MR) is 47.8 cm³/mol. The number of aryl methyl sites for hydroxylation is 1. The van der Waals surface area contributed by atoms with Gasteiger partial charge in [0.05, 0.1) is 12.5 Å². The van der Waals surface area contributed by atoms with Crippen molar-refractivity contribution in [3.05, 3.63) is 24.2 Å².